The maximum absolute atomic E-state index is 9.32. The molecule has 0 radical (unpaired) electrons. The number of nitrogens with zero attached hydrogens (tertiary/aromatic N) is 1. The lowest BCUT2D eigenvalue weighted by Crippen LogP contribution is -2.36. The highest BCUT2D eigenvalue weighted by molar-refractivity contribution is 7.99. The van der Waals surface area contributed by atoms with Crippen molar-refractivity contribution in [2.24, 2.45) is 0 Å². The Hall–Kier alpha value is -1.18. The Morgan fingerprint density at radius 2 is 2.17 bits per heavy atom. The summed E-state index contributed by atoms with van der Waals surface area (Å²) in [6, 6.07) is 8.19. The van der Waals surface area contributed by atoms with Crippen LogP contribution in [0, 0.1) is 11.3 Å². The maximum Gasteiger partial charge on any atom is 0.102 e. The van der Waals surface area contributed by atoms with E-state index in [1.165, 1.54) is 0 Å². The summed E-state index contributed by atoms with van der Waals surface area (Å²) in [6.45, 7) is 6.78. The SMILES string of the molecule is CCSc1cccc(NC(C)(C)COC)c1C#N. The summed E-state index contributed by atoms with van der Waals surface area (Å²) in [5.74, 6) is 0.958. The van der Waals surface area contributed by atoms with Crippen LogP contribution in [0.3, 0.4) is 0 Å². The van der Waals surface area contributed by atoms with Gasteiger partial charge < -0.3 is 10.1 Å². The predicted octanol–water partition coefficient (Wildman–Crippen LogP) is 3.51. The zero-order valence-corrected chi connectivity index (χ0v) is 12.2. The van der Waals surface area contributed by atoms with Crippen LogP contribution in [0.1, 0.15) is 26.3 Å². The highest BCUT2D eigenvalue weighted by Crippen LogP contribution is 2.29. The number of anilines is 1. The minimum atomic E-state index is -0.199. The van der Waals surface area contributed by atoms with Crippen LogP contribution in [-0.4, -0.2) is 25.0 Å². The molecule has 0 aliphatic carbocycles. The molecule has 0 bridgehead atoms. The van der Waals surface area contributed by atoms with Crippen molar-refractivity contribution >= 4 is 17.4 Å². The van der Waals surface area contributed by atoms with Gasteiger partial charge in [0.2, 0.25) is 0 Å². The van der Waals surface area contributed by atoms with E-state index in [0.29, 0.717) is 12.2 Å². The first-order valence-corrected chi connectivity index (χ1v) is 6.95. The molecule has 1 N–H and O–H groups in total. The van der Waals surface area contributed by atoms with E-state index in [4.69, 9.17) is 4.74 Å². The maximum atomic E-state index is 9.32. The van der Waals surface area contributed by atoms with Crippen LogP contribution in [0.15, 0.2) is 23.1 Å². The van der Waals surface area contributed by atoms with Crippen LogP contribution in [0.4, 0.5) is 5.69 Å². The largest absolute Gasteiger partial charge is 0.382 e. The van der Waals surface area contributed by atoms with Gasteiger partial charge >= 0.3 is 0 Å². The summed E-state index contributed by atoms with van der Waals surface area (Å²) < 4.78 is 5.18. The van der Waals surface area contributed by atoms with Crippen LogP contribution in [0.2, 0.25) is 0 Å². The van der Waals surface area contributed by atoms with Gasteiger partial charge in [-0.3, -0.25) is 0 Å². The van der Waals surface area contributed by atoms with Crippen molar-refractivity contribution in [3.05, 3.63) is 23.8 Å². The molecule has 0 amide bonds. The lowest BCUT2D eigenvalue weighted by Gasteiger charge is -2.27. The molecule has 0 aliphatic heterocycles. The molecule has 0 aromatic heterocycles. The molecular weight excluding hydrogens is 244 g/mol. The van der Waals surface area contributed by atoms with Crippen molar-refractivity contribution in [2.75, 3.05) is 24.8 Å². The first-order valence-electron chi connectivity index (χ1n) is 5.97. The van der Waals surface area contributed by atoms with E-state index < -0.39 is 0 Å². The molecule has 0 saturated heterocycles. The van der Waals surface area contributed by atoms with Crippen molar-refractivity contribution in [2.45, 2.75) is 31.2 Å². The molecule has 0 heterocycles. The molecule has 0 atom stereocenters. The van der Waals surface area contributed by atoms with Crippen molar-refractivity contribution in [1.82, 2.24) is 0 Å². The summed E-state index contributed by atoms with van der Waals surface area (Å²) in [4.78, 5) is 1.03. The van der Waals surface area contributed by atoms with Gasteiger partial charge in [-0.1, -0.05) is 13.0 Å². The number of nitrogens with one attached hydrogen (secondary N) is 1. The first-order chi connectivity index (χ1) is 8.54. The van der Waals surface area contributed by atoms with Gasteiger partial charge in [0.15, 0.2) is 0 Å². The smallest absolute Gasteiger partial charge is 0.102 e. The number of hydrogen-bond donors (Lipinski definition) is 1. The molecule has 98 valence electrons. The van der Waals surface area contributed by atoms with Gasteiger partial charge in [0.1, 0.15) is 6.07 Å². The number of thioether (sulfide) groups is 1. The molecule has 0 saturated carbocycles. The fraction of sp³-hybridized carbons (Fsp3) is 0.500. The van der Waals surface area contributed by atoms with Crippen LogP contribution >= 0.6 is 11.8 Å². The summed E-state index contributed by atoms with van der Waals surface area (Å²) in [5.41, 5.74) is 1.39. The van der Waals surface area contributed by atoms with Crippen LogP contribution in [0.5, 0.6) is 0 Å². The van der Waals surface area contributed by atoms with Gasteiger partial charge in [-0.25, -0.2) is 0 Å². The molecule has 0 fully saturated rings. The van der Waals surface area contributed by atoms with Crippen LogP contribution in [-0.2, 0) is 4.74 Å². The third kappa shape index (κ3) is 3.94. The number of methoxy groups -OCH3 is 1. The molecule has 3 nitrogen and oxygen atoms in total. The number of nitriles is 1. The second kappa shape index (κ2) is 6.67. The van der Waals surface area contributed by atoms with Crippen molar-refractivity contribution < 1.29 is 4.74 Å². The predicted molar refractivity (Wildman–Crippen MR) is 77.1 cm³/mol. The molecule has 1 aromatic rings. The van der Waals surface area contributed by atoms with Gasteiger partial charge in [0, 0.05) is 12.0 Å². The Labute approximate surface area is 114 Å². The molecule has 18 heavy (non-hydrogen) atoms. The van der Waals surface area contributed by atoms with E-state index in [-0.39, 0.29) is 5.54 Å². The second-order valence-electron chi connectivity index (χ2n) is 4.67. The van der Waals surface area contributed by atoms with Gasteiger partial charge in [-0.2, -0.15) is 5.26 Å². The number of hydrogen-bond acceptors (Lipinski definition) is 4. The molecule has 0 unspecified atom stereocenters. The van der Waals surface area contributed by atoms with E-state index in [1.54, 1.807) is 18.9 Å². The zero-order valence-electron chi connectivity index (χ0n) is 11.4. The van der Waals surface area contributed by atoms with Gasteiger partial charge in [0.25, 0.3) is 0 Å². The number of benzene rings is 1. The minimum Gasteiger partial charge on any atom is -0.382 e. The van der Waals surface area contributed by atoms with Crippen molar-refractivity contribution in [1.29, 1.82) is 5.26 Å². The zero-order chi connectivity index (χ0) is 13.6. The Morgan fingerprint density at radius 3 is 2.72 bits per heavy atom. The minimum absolute atomic E-state index is 0.199. The summed E-state index contributed by atoms with van der Waals surface area (Å²) in [5, 5.41) is 12.7. The van der Waals surface area contributed by atoms with E-state index in [1.807, 2.05) is 18.2 Å². The molecule has 1 rings (SSSR count). The highest BCUT2D eigenvalue weighted by atomic mass is 32.2. The van der Waals surface area contributed by atoms with E-state index >= 15 is 0 Å². The lowest BCUT2D eigenvalue weighted by molar-refractivity contribution is 0.158. The van der Waals surface area contributed by atoms with E-state index in [9.17, 15) is 5.26 Å². The van der Waals surface area contributed by atoms with Crippen molar-refractivity contribution in [3.8, 4) is 6.07 Å². The first kappa shape index (κ1) is 14.9. The van der Waals surface area contributed by atoms with E-state index in [2.05, 4.69) is 32.2 Å². The van der Waals surface area contributed by atoms with Gasteiger partial charge in [0.05, 0.1) is 23.4 Å². The standard InChI is InChI=1S/C14H20N2OS/c1-5-18-13-8-6-7-12(11(13)9-15)16-14(2,3)10-17-4/h6-8,16H,5,10H2,1-4H3. The fourth-order valence-electron chi connectivity index (χ4n) is 1.79. The number of rotatable bonds is 6. The quantitative estimate of drug-likeness (QED) is 0.799. The summed E-state index contributed by atoms with van der Waals surface area (Å²) >= 11 is 1.69. The molecule has 0 spiro atoms. The normalized spacial score (nSPS) is 11.1. The highest BCUT2D eigenvalue weighted by Gasteiger charge is 2.19. The second-order valence-corrected chi connectivity index (χ2v) is 5.97. The topological polar surface area (TPSA) is 45.0 Å². The third-order valence-corrected chi connectivity index (χ3v) is 3.36. The molecular formula is C14H20N2OS. The molecule has 4 heteroatoms. The Morgan fingerprint density at radius 1 is 1.44 bits per heavy atom. The Bertz CT molecular complexity index is 438. The van der Waals surface area contributed by atoms with Gasteiger partial charge in [-0.05, 0) is 31.7 Å². The lowest BCUT2D eigenvalue weighted by atomic mass is 10.1. The number of ether oxygens (including phenoxy) is 1. The Balaban J connectivity index is 3.02. The Kier molecular flexibility index (Phi) is 5.52. The van der Waals surface area contributed by atoms with Crippen molar-refractivity contribution in [3.63, 3.8) is 0 Å². The van der Waals surface area contributed by atoms with Gasteiger partial charge in [-0.15, -0.1) is 11.8 Å². The average Bonchev–Trinajstić information content (AvgIpc) is 2.29. The summed E-state index contributed by atoms with van der Waals surface area (Å²) in [7, 11) is 1.68. The molecule has 0 aliphatic rings. The average molecular weight is 264 g/mol. The van der Waals surface area contributed by atoms with E-state index in [0.717, 1.165) is 16.3 Å². The third-order valence-electron chi connectivity index (χ3n) is 2.42. The summed E-state index contributed by atoms with van der Waals surface area (Å²) in [6.07, 6.45) is 0. The fourth-order valence-corrected chi connectivity index (χ4v) is 2.57. The van der Waals surface area contributed by atoms with Crippen LogP contribution < -0.4 is 5.32 Å². The van der Waals surface area contributed by atoms with Crippen LogP contribution in [0.25, 0.3) is 0 Å². The monoisotopic (exact) mass is 264 g/mol. The molecule has 1 aromatic carbocycles.